The second-order valence-electron chi connectivity index (χ2n) is 5.31. The molecule has 0 aromatic heterocycles. The lowest BCUT2D eigenvalue weighted by atomic mass is 10.0. The summed E-state index contributed by atoms with van der Waals surface area (Å²) in [6.45, 7) is 2.08. The molecule has 1 atom stereocenters. The number of amides is 1. The molecule has 0 aliphatic carbocycles. The van der Waals surface area contributed by atoms with Crippen molar-refractivity contribution in [2.45, 2.75) is 19.8 Å². The van der Waals surface area contributed by atoms with Gasteiger partial charge in [-0.05, 0) is 30.7 Å². The summed E-state index contributed by atoms with van der Waals surface area (Å²) in [4.78, 5) is 13.6. The summed E-state index contributed by atoms with van der Waals surface area (Å²) in [5.74, 6) is -0.165. The first-order chi connectivity index (χ1) is 10.7. The highest BCUT2D eigenvalue weighted by molar-refractivity contribution is 7.80. The van der Waals surface area contributed by atoms with Gasteiger partial charge in [-0.15, -0.1) is 0 Å². The van der Waals surface area contributed by atoms with E-state index in [1.807, 2.05) is 65.7 Å². The van der Waals surface area contributed by atoms with Crippen molar-refractivity contribution in [2.24, 2.45) is 5.92 Å². The van der Waals surface area contributed by atoms with Crippen molar-refractivity contribution >= 4 is 34.5 Å². The molecule has 1 aliphatic heterocycles. The average Bonchev–Trinajstić information content (AvgIpc) is 2.81. The van der Waals surface area contributed by atoms with Crippen LogP contribution >= 0.6 is 12.2 Å². The Balaban J connectivity index is 2.07. The van der Waals surface area contributed by atoms with Crippen LogP contribution in [0.4, 0.5) is 11.4 Å². The minimum atomic E-state index is -0.222. The Morgan fingerprint density at radius 3 is 1.91 bits per heavy atom. The Hall–Kier alpha value is -2.20. The van der Waals surface area contributed by atoms with Gasteiger partial charge in [0.2, 0.25) is 0 Å². The Morgan fingerprint density at radius 2 is 1.41 bits per heavy atom. The van der Waals surface area contributed by atoms with Crippen LogP contribution < -0.4 is 10.0 Å². The molecule has 1 amide bonds. The topological polar surface area (TPSA) is 23.6 Å². The molecule has 1 saturated heterocycles. The summed E-state index contributed by atoms with van der Waals surface area (Å²) in [5.41, 5.74) is 1.76. The van der Waals surface area contributed by atoms with Crippen LogP contribution in [0.3, 0.4) is 0 Å². The molecule has 1 fully saturated rings. The zero-order valence-corrected chi connectivity index (χ0v) is 13.3. The molecule has 3 rings (SSSR count). The maximum Gasteiger partial charge on any atom is 0.256 e. The van der Waals surface area contributed by atoms with Gasteiger partial charge in [0.05, 0.1) is 17.3 Å². The third-order valence-electron chi connectivity index (χ3n) is 3.79. The number of nitrogens with zero attached hydrogens (tertiary/aromatic N) is 2. The van der Waals surface area contributed by atoms with Crippen molar-refractivity contribution in [3.8, 4) is 0 Å². The minimum Gasteiger partial charge on any atom is -0.272 e. The number of hydrazine groups is 1. The molecular weight excluding hydrogens is 292 g/mol. The van der Waals surface area contributed by atoms with E-state index in [0.29, 0.717) is 4.99 Å². The molecule has 0 spiro atoms. The maximum absolute atomic E-state index is 12.9. The first kappa shape index (κ1) is 14.7. The zero-order chi connectivity index (χ0) is 15.5. The summed E-state index contributed by atoms with van der Waals surface area (Å²) >= 11 is 5.63. The van der Waals surface area contributed by atoms with Crippen LogP contribution in [-0.2, 0) is 4.79 Å². The molecule has 112 valence electrons. The van der Waals surface area contributed by atoms with Gasteiger partial charge >= 0.3 is 0 Å². The van der Waals surface area contributed by atoms with Crippen LogP contribution in [0.15, 0.2) is 60.7 Å². The lowest BCUT2D eigenvalue weighted by Crippen LogP contribution is -2.40. The Bertz CT molecular complexity index is 615. The Kier molecular flexibility index (Phi) is 4.20. The number of hydrogen-bond acceptors (Lipinski definition) is 2. The van der Waals surface area contributed by atoms with Crippen molar-refractivity contribution in [1.29, 1.82) is 0 Å². The van der Waals surface area contributed by atoms with E-state index in [4.69, 9.17) is 12.2 Å². The number of rotatable bonds is 4. The van der Waals surface area contributed by atoms with Crippen molar-refractivity contribution in [3.63, 3.8) is 0 Å². The first-order valence-corrected chi connectivity index (χ1v) is 7.92. The fourth-order valence-corrected chi connectivity index (χ4v) is 3.16. The van der Waals surface area contributed by atoms with E-state index < -0.39 is 0 Å². The molecule has 0 bridgehead atoms. The van der Waals surface area contributed by atoms with Gasteiger partial charge in [0.15, 0.2) is 0 Å². The monoisotopic (exact) mass is 310 g/mol. The van der Waals surface area contributed by atoms with Gasteiger partial charge in [0.25, 0.3) is 5.91 Å². The van der Waals surface area contributed by atoms with Gasteiger partial charge in [0, 0.05) is 0 Å². The fourth-order valence-electron chi connectivity index (χ4n) is 2.76. The van der Waals surface area contributed by atoms with Gasteiger partial charge in [-0.1, -0.05) is 62.0 Å². The second kappa shape index (κ2) is 6.28. The summed E-state index contributed by atoms with van der Waals surface area (Å²) < 4.78 is 0. The molecule has 4 heteroatoms. The van der Waals surface area contributed by atoms with E-state index in [-0.39, 0.29) is 11.8 Å². The Morgan fingerprint density at radius 1 is 0.909 bits per heavy atom. The maximum atomic E-state index is 12.9. The molecule has 3 nitrogen and oxygen atoms in total. The number of para-hydroxylation sites is 2. The average molecular weight is 310 g/mol. The normalized spacial score (nSPS) is 18.1. The molecule has 0 radical (unpaired) electrons. The summed E-state index contributed by atoms with van der Waals surface area (Å²) in [6.07, 6.45) is 1.71. The third kappa shape index (κ3) is 2.50. The molecule has 1 unspecified atom stereocenters. The first-order valence-electron chi connectivity index (χ1n) is 7.52. The van der Waals surface area contributed by atoms with Crippen molar-refractivity contribution < 1.29 is 4.79 Å². The van der Waals surface area contributed by atoms with Crippen LogP contribution in [0.25, 0.3) is 0 Å². The van der Waals surface area contributed by atoms with Gasteiger partial charge in [-0.3, -0.25) is 4.79 Å². The van der Waals surface area contributed by atoms with Crippen molar-refractivity contribution in [3.05, 3.63) is 60.7 Å². The zero-order valence-electron chi connectivity index (χ0n) is 12.5. The summed E-state index contributed by atoms with van der Waals surface area (Å²) in [6, 6.07) is 19.5. The highest BCUT2D eigenvalue weighted by Crippen LogP contribution is 2.34. The Labute approximate surface area is 136 Å². The SMILES string of the molecule is CCCC1C(=O)N(c2ccccc2)N(c2ccccc2)C1=S. The van der Waals surface area contributed by atoms with Crippen molar-refractivity contribution in [2.75, 3.05) is 10.0 Å². The van der Waals surface area contributed by atoms with Gasteiger partial charge < -0.3 is 0 Å². The lowest BCUT2D eigenvalue weighted by Gasteiger charge is -2.29. The number of carbonyl (C=O) groups excluding carboxylic acids is 1. The number of thiocarbonyl (C=S) groups is 1. The van der Waals surface area contributed by atoms with Crippen LogP contribution in [0.5, 0.6) is 0 Å². The highest BCUT2D eigenvalue weighted by Gasteiger charge is 2.43. The van der Waals surface area contributed by atoms with Crippen molar-refractivity contribution in [1.82, 2.24) is 0 Å². The number of hydrogen-bond donors (Lipinski definition) is 0. The highest BCUT2D eigenvalue weighted by atomic mass is 32.1. The number of anilines is 2. The van der Waals surface area contributed by atoms with Gasteiger partial charge in [-0.25, -0.2) is 10.0 Å². The lowest BCUT2D eigenvalue weighted by molar-refractivity contribution is -0.119. The largest absolute Gasteiger partial charge is 0.272 e. The van der Waals surface area contributed by atoms with Crippen LogP contribution in [0.1, 0.15) is 19.8 Å². The standard InChI is InChI=1S/C18H18N2OS/c1-2-9-16-17(21)19(14-10-5-3-6-11-14)20(18(16)22)15-12-7-4-8-13-15/h3-8,10-13,16H,2,9H2,1H3. The third-order valence-corrected chi connectivity index (χ3v) is 4.25. The molecule has 2 aromatic carbocycles. The number of benzene rings is 2. The molecule has 2 aromatic rings. The van der Waals surface area contributed by atoms with E-state index in [1.165, 1.54) is 0 Å². The molecule has 0 N–H and O–H groups in total. The van der Waals surface area contributed by atoms with Crippen LogP contribution in [-0.4, -0.2) is 10.9 Å². The fraction of sp³-hybridized carbons (Fsp3) is 0.222. The van der Waals surface area contributed by atoms with E-state index in [2.05, 4.69) is 6.92 Å². The molecular formula is C18H18N2OS. The molecule has 22 heavy (non-hydrogen) atoms. The second-order valence-corrected chi connectivity index (χ2v) is 5.73. The van der Waals surface area contributed by atoms with E-state index in [9.17, 15) is 4.79 Å². The molecule has 0 saturated carbocycles. The van der Waals surface area contributed by atoms with Gasteiger partial charge in [0.1, 0.15) is 4.99 Å². The van der Waals surface area contributed by atoms with Crippen LogP contribution in [0.2, 0.25) is 0 Å². The molecule has 1 aliphatic rings. The summed E-state index contributed by atoms with van der Waals surface area (Å²) in [7, 11) is 0. The predicted octanol–water partition coefficient (Wildman–Crippen LogP) is 4.20. The summed E-state index contributed by atoms with van der Waals surface area (Å²) in [5, 5.41) is 3.57. The molecule has 1 heterocycles. The smallest absolute Gasteiger partial charge is 0.256 e. The van der Waals surface area contributed by atoms with E-state index >= 15 is 0 Å². The predicted molar refractivity (Wildman–Crippen MR) is 93.8 cm³/mol. The van der Waals surface area contributed by atoms with Gasteiger partial charge in [-0.2, -0.15) is 0 Å². The van der Waals surface area contributed by atoms with E-state index in [1.54, 1.807) is 5.01 Å². The minimum absolute atomic E-state index is 0.0573. The quantitative estimate of drug-likeness (QED) is 0.791. The van der Waals surface area contributed by atoms with E-state index in [0.717, 1.165) is 24.2 Å². The van der Waals surface area contributed by atoms with Crippen LogP contribution in [0, 0.1) is 5.92 Å². The number of carbonyl (C=O) groups is 1.